The lowest BCUT2D eigenvalue weighted by Crippen LogP contribution is -2.36. The van der Waals surface area contributed by atoms with Crippen molar-refractivity contribution in [2.45, 2.75) is 45.8 Å². The van der Waals surface area contributed by atoms with Crippen molar-refractivity contribution in [3.8, 4) is 0 Å². The monoisotopic (exact) mass is 402 g/mol. The molecule has 1 amide bonds. The van der Waals surface area contributed by atoms with E-state index in [-0.39, 0.29) is 12.1 Å². The number of halogens is 1. The summed E-state index contributed by atoms with van der Waals surface area (Å²) in [7, 11) is 0. The summed E-state index contributed by atoms with van der Waals surface area (Å²) in [6.07, 6.45) is 0.731. The topological polar surface area (TPSA) is 41.6 Å². The summed E-state index contributed by atoms with van der Waals surface area (Å²) in [6.45, 7) is 9.22. The number of amides is 1. The molecule has 4 nitrogen and oxygen atoms in total. The highest BCUT2D eigenvalue weighted by atomic mass is 127. The van der Waals surface area contributed by atoms with Gasteiger partial charge < -0.3 is 15.0 Å². The second-order valence-corrected chi connectivity index (χ2v) is 7.68. The van der Waals surface area contributed by atoms with Crippen molar-refractivity contribution in [2.24, 2.45) is 0 Å². The fraction of sp³-hybridized carbons (Fsp3) is 0.562. The van der Waals surface area contributed by atoms with E-state index in [0.29, 0.717) is 6.54 Å². The second kappa shape index (κ2) is 6.42. The number of benzene rings is 1. The first kappa shape index (κ1) is 16.4. The van der Waals surface area contributed by atoms with Gasteiger partial charge in [0.1, 0.15) is 5.60 Å². The lowest BCUT2D eigenvalue weighted by atomic mass is 10.2. The predicted molar refractivity (Wildman–Crippen MR) is 93.7 cm³/mol. The number of hydrogen-bond donors (Lipinski definition) is 1. The molecule has 21 heavy (non-hydrogen) atoms. The minimum atomic E-state index is -0.435. The highest BCUT2D eigenvalue weighted by Gasteiger charge is 2.29. The Morgan fingerprint density at radius 3 is 2.76 bits per heavy atom. The largest absolute Gasteiger partial charge is 0.444 e. The van der Waals surface area contributed by atoms with Gasteiger partial charge in [-0.15, -0.1) is 0 Å². The van der Waals surface area contributed by atoms with Gasteiger partial charge in [-0.3, -0.25) is 0 Å². The number of hydrogen-bond acceptors (Lipinski definition) is 3. The van der Waals surface area contributed by atoms with E-state index in [1.807, 2.05) is 20.8 Å². The van der Waals surface area contributed by atoms with Gasteiger partial charge in [-0.25, -0.2) is 4.79 Å². The maximum absolute atomic E-state index is 12.0. The van der Waals surface area contributed by atoms with Crippen molar-refractivity contribution in [1.29, 1.82) is 0 Å². The van der Waals surface area contributed by atoms with Crippen molar-refractivity contribution in [1.82, 2.24) is 4.90 Å². The smallest absolute Gasteiger partial charge is 0.410 e. The molecule has 0 radical (unpaired) electrons. The SMILES string of the molecule is Cc1ccc(NC2CCN(C(=O)OC(C)(C)C)C2)cc1I. The summed E-state index contributed by atoms with van der Waals surface area (Å²) in [5.74, 6) is 0. The van der Waals surface area contributed by atoms with Crippen molar-refractivity contribution in [3.63, 3.8) is 0 Å². The van der Waals surface area contributed by atoms with Gasteiger partial charge >= 0.3 is 6.09 Å². The molecule has 1 aliphatic rings. The quantitative estimate of drug-likeness (QED) is 0.760. The molecule has 0 saturated carbocycles. The van der Waals surface area contributed by atoms with Crippen LogP contribution in [0.1, 0.15) is 32.8 Å². The van der Waals surface area contributed by atoms with Crippen LogP contribution in [0, 0.1) is 10.5 Å². The standard InChI is InChI=1S/C16H23IN2O2/c1-11-5-6-12(9-14(11)17)18-13-7-8-19(10-13)15(20)21-16(2,3)4/h5-6,9,13,18H,7-8,10H2,1-4H3. The van der Waals surface area contributed by atoms with Crippen LogP contribution in [0.3, 0.4) is 0 Å². The molecule has 1 atom stereocenters. The third-order valence-corrected chi connectivity index (χ3v) is 4.54. The highest BCUT2D eigenvalue weighted by Crippen LogP contribution is 2.21. The molecule has 1 aliphatic heterocycles. The van der Waals surface area contributed by atoms with Crippen LogP contribution in [-0.4, -0.2) is 35.7 Å². The summed E-state index contributed by atoms with van der Waals surface area (Å²) in [6, 6.07) is 6.64. The molecule has 0 spiro atoms. The molecular weight excluding hydrogens is 379 g/mol. The molecular formula is C16H23IN2O2. The minimum absolute atomic E-state index is 0.217. The van der Waals surface area contributed by atoms with E-state index in [4.69, 9.17) is 4.74 Å². The molecule has 2 rings (SSSR count). The molecule has 5 heteroatoms. The van der Waals surface area contributed by atoms with Gasteiger partial charge in [0, 0.05) is 28.4 Å². The van der Waals surface area contributed by atoms with Crippen molar-refractivity contribution in [2.75, 3.05) is 18.4 Å². The molecule has 0 bridgehead atoms. The molecule has 1 N–H and O–H groups in total. The number of likely N-dealkylation sites (tertiary alicyclic amines) is 1. The zero-order chi connectivity index (χ0) is 15.6. The van der Waals surface area contributed by atoms with E-state index in [0.717, 1.165) is 18.7 Å². The summed E-state index contributed by atoms with van der Waals surface area (Å²) < 4.78 is 6.66. The Balaban J connectivity index is 1.90. The summed E-state index contributed by atoms with van der Waals surface area (Å²) in [5.41, 5.74) is 1.96. The number of aryl methyl sites for hydroxylation is 1. The molecule has 1 unspecified atom stereocenters. The summed E-state index contributed by atoms with van der Waals surface area (Å²) in [5, 5.41) is 3.50. The lowest BCUT2D eigenvalue weighted by molar-refractivity contribution is 0.0293. The number of nitrogens with one attached hydrogen (secondary N) is 1. The molecule has 0 aromatic heterocycles. The maximum atomic E-state index is 12.0. The van der Waals surface area contributed by atoms with Crippen molar-refractivity contribution < 1.29 is 9.53 Å². The van der Waals surface area contributed by atoms with Crippen LogP contribution in [0.4, 0.5) is 10.5 Å². The van der Waals surface area contributed by atoms with Crippen LogP contribution in [0.15, 0.2) is 18.2 Å². The minimum Gasteiger partial charge on any atom is -0.444 e. The summed E-state index contributed by atoms with van der Waals surface area (Å²) in [4.78, 5) is 13.8. The van der Waals surface area contributed by atoms with Gasteiger partial charge in [-0.05, 0) is 74.4 Å². The molecule has 1 aromatic rings. The fourth-order valence-corrected chi connectivity index (χ4v) is 2.80. The molecule has 1 fully saturated rings. The van der Waals surface area contributed by atoms with E-state index < -0.39 is 5.60 Å². The van der Waals surface area contributed by atoms with Gasteiger partial charge in [0.15, 0.2) is 0 Å². The van der Waals surface area contributed by atoms with Crippen LogP contribution in [0.2, 0.25) is 0 Å². The van der Waals surface area contributed by atoms with Crippen LogP contribution < -0.4 is 5.32 Å². The predicted octanol–water partition coefficient (Wildman–Crippen LogP) is 4.02. The normalized spacial score (nSPS) is 18.7. The average molecular weight is 402 g/mol. The highest BCUT2D eigenvalue weighted by molar-refractivity contribution is 14.1. The lowest BCUT2D eigenvalue weighted by Gasteiger charge is -2.24. The van der Waals surface area contributed by atoms with Crippen LogP contribution in [0.25, 0.3) is 0 Å². The Hall–Kier alpha value is -0.980. The maximum Gasteiger partial charge on any atom is 0.410 e. The van der Waals surface area contributed by atoms with Gasteiger partial charge in [0.05, 0.1) is 0 Å². The van der Waals surface area contributed by atoms with Gasteiger partial charge in [-0.1, -0.05) is 6.07 Å². The Morgan fingerprint density at radius 2 is 2.14 bits per heavy atom. The van der Waals surface area contributed by atoms with Crippen molar-refractivity contribution in [3.05, 3.63) is 27.3 Å². The Morgan fingerprint density at radius 1 is 1.43 bits per heavy atom. The Kier molecular flexibility index (Phi) is 5.01. The van der Waals surface area contributed by atoms with E-state index in [2.05, 4.69) is 53.0 Å². The van der Waals surface area contributed by atoms with Gasteiger partial charge in [0.25, 0.3) is 0 Å². The molecule has 1 aromatic carbocycles. The molecule has 0 aliphatic carbocycles. The Bertz CT molecular complexity index is 525. The first-order valence-corrected chi connectivity index (χ1v) is 8.33. The first-order chi connectivity index (χ1) is 9.74. The van der Waals surface area contributed by atoms with E-state index in [1.54, 1.807) is 4.90 Å². The zero-order valence-electron chi connectivity index (χ0n) is 13.1. The third-order valence-electron chi connectivity index (χ3n) is 3.38. The van der Waals surface area contributed by atoms with E-state index >= 15 is 0 Å². The van der Waals surface area contributed by atoms with E-state index in [9.17, 15) is 4.79 Å². The number of rotatable bonds is 2. The number of anilines is 1. The number of ether oxygens (including phenoxy) is 1. The molecule has 1 saturated heterocycles. The average Bonchev–Trinajstić information content (AvgIpc) is 2.80. The Labute approximate surface area is 140 Å². The van der Waals surface area contributed by atoms with Crippen LogP contribution in [-0.2, 0) is 4.74 Å². The van der Waals surface area contributed by atoms with E-state index in [1.165, 1.54) is 9.13 Å². The molecule has 116 valence electrons. The first-order valence-electron chi connectivity index (χ1n) is 7.25. The van der Waals surface area contributed by atoms with Crippen molar-refractivity contribution >= 4 is 34.4 Å². The van der Waals surface area contributed by atoms with Crippen LogP contribution in [0.5, 0.6) is 0 Å². The molecule has 1 heterocycles. The summed E-state index contributed by atoms with van der Waals surface area (Å²) >= 11 is 2.34. The fourth-order valence-electron chi connectivity index (χ4n) is 2.29. The number of carbonyl (C=O) groups is 1. The zero-order valence-corrected chi connectivity index (χ0v) is 15.2. The number of carbonyl (C=O) groups excluding carboxylic acids is 1. The third kappa shape index (κ3) is 4.76. The second-order valence-electron chi connectivity index (χ2n) is 6.52. The van der Waals surface area contributed by atoms with Gasteiger partial charge in [0.2, 0.25) is 0 Å². The number of nitrogens with zero attached hydrogens (tertiary/aromatic N) is 1. The van der Waals surface area contributed by atoms with Crippen LogP contribution >= 0.6 is 22.6 Å². The van der Waals surface area contributed by atoms with Gasteiger partial charge in [-0.2, -0.15) is 0 Å².